The lowest BCUT2D eigenvalue weighted by molar-refractivity contribution is 0.245. The molecule has 1 aliphatic carbocycles. The van der Waals surface area contributed by atoms with Crippen LogP contribution in [0.4, 0.5) is 0 Å². The highest BCUT2D eigenvalue weighted by atomic mass is 16.5. The third-order valence-corrected chi connectivity index (χ3v) is 4.85. The topological polar surface area (TPSA) is 39.1 Å². The van der Waals surface area contributed by atoms with Crippen LogP contribution in [-0.4, -0.2) is 23.4 Å². The van der Waals surface area contributed by atoms with Crippen LogP contribution in [0.1, 0.15) is 57.6 Å². The van der Waals surface area contributed by atoms with Crippen molar-refractivity contribution in [2.75, 3.05) is 13.7 Å². The summed E-state index contributed by atoms with van der Waals surface area (Å²) in [6.45, 7) is 4.31. The number of rotatable bonds is 5. The van der Waals surface area contributed by atoms with Crippen LogP contribution in [0.3, 0.4) is 0 Å². The fourth-order valence-electron chi connectivity index (χ4n) is 3.77. The summed E-state index contributed by atoms with van der Waals surface area (Å²) in [5.74, 6) is 1.74. The first-order valence-corrected chi connectivity index (χ1v) is 8.17. The zero-order valence-electron chi connectivity index (χ0n) is 12.8. The van der Waals surface area contributed by atoms with Crippen molar-refractivity contribution in [2.24, 2.45) is 5.92 Å². The van der Waals surface area contributed by atoms with E-state index in [2.05, 4.69) is 22.0 Å². The van der Waals surface area contributed by atoms with Gasteiger partial charge in [-0.15, -0.1) is 0 Å². The van der Waals surface area contributed by atoms with Crippen molar-refractivity contribution in [3.63, 3.8) is 0 Å². The molecule has 0 bridgehead atoms. The van der Waals surface area contributed by atoms with E-state index in [0.29, 0.717) is 0 Å². The number of hydrogen-bond donors (Lipinski definition) is 1. The third kappa shape index (κ3) is 2.34. The third-order valence-electron chi connectivity index (χ3n) is 4.85. The number of methoxy groups -OCH3 is 1. The summed E-state index contributed by atoms with van der Waals surface area (Å²) in [6.07, 6.45) is 10.9. The van der Waals surface area contributed by atoms with Gasteiger partial charge in [0.15, 0.2) is 5.75 Å². The fourth-order valence-corrected chi connectivity index (χ4v) is 3.77. The molecular formula is C16H27N3O. The predicted molar refractivity (Wildman–Crippen MR) is 79.9 cm³/mol. The molecule has 1 saturated heterocycles. The van der Waals surface area contributed by atoms with Crippen molar-refractivity contribution in [2.45, 2.75) is 64.0 Å². The minimum Gasteiger partial charge on any atom is -0.493 e. The van der Waals surface area contributed by atoms with Gasteiger partial charge in [-0.3, -0.25) is 4.68 Å². The fraction of sp³-hybridized carbons (Fsp3) is 0.812. The van der Waals surface area contributed by atoms with E-state index in [1.165, 1.54) is 44.2 Å². The molecule has 4 heteroatoms. The van der Waals surface area contributed by atoms with Crippen molar-refractivity contribution in [3.8, 4) is 5.75 Å². The van der Waals surface area contributed by atoms with Gasteiger partial charge in [0.05, 0.1) is 18.8 Å². The van der Waals surface area contributed by atoms with Gasteiger partial charge in [-0.05, 0) is 44.6 Å². The highest BCUT2D eigenvalue weighted by Crippen LogP contribution is 2.51. The summed E-state index contributed by atoms with van der Waals surface area (Å²) in [5.41, 5.74) is 1.42. The average Bonchev–Trinajstić information content (AvgIpc) is 3.25. The molecule has 4 nitrogen and oxygen atoms in total. The first kappa shape index (κ1) is 13.9. The maximum absolute atomic E-state index is 5.65. The Morgan fingerprint density at radius 1 is 1.40 bits per heavy atom. The lowest BCUT2D eigenvalue weighted by Gasteiger charge is -2.35. The number of aromatic nitrogens is 2. The normalized spacial score (nSPS) is 27.3. The molecule has 1 saturated carbocycles. The van der Waals surface area contributed by atoms with E-state index in [-0.39, 0.29) is 5.54 Å². The molecule has 1 aromatic heterocycles. The Hall–Kier alpha value is -1.03. The van der Waals surface area contributed by atoms with E-state index in [0.717, 1.165) is 31.2 Å². The number of nitrogens with one attached hydrogen (secondary N) is 1. The zero-order valence-corrected chi connectivity index (χ0v) is 12.8. The first-order valence-electron chi connectivity index (χ1n) is 8.17. The molecule has 1 unspecified atom stereocenters. The van der Waals surface area contributed by atoms with E-state index in [4.69, 9.17) is 4.74 Å². The van der Waals surface area contributed by atoms with Gasteiger partial charge in [-0.2, -0.15) is 5.10 Å². The summed E-state index contributed by atoms with van der Waals surface area (Å²) in [5, 5.41) is 8.48. The Bertz CT molecular complexity index is 443. The number of ether oxygens (including phenoxy) is 1. The first-order chi connectivity index (χ1) is 9.81. The molecule has 0 radical (unpaired) electrons. The second-order valence-electron chi connectivity index (χ2n) is 6.27. The Balaban J connectivity index is 2.03. The van der Waals surface area contributed by atoms with Gasteiger partial charge >= 0.3 is 0 Å². The summed E-state index contributed by atoms with van der Waals surface area (Å²) in [6, 6.07) is 0. The maximum Gasteiger partial charge on any atom is 0.161 e. The summed E-state index contributed by atoms with van der Waals surface area (Å²) >= 11 is 0. The van der Waals surface area contributed by atoms with E-state index < -0.39 is 0 Å². The Morgan fingerprint density at radius 3 is 2.95 bits per heavy atom. The molecule has 2 aliphatic rings. The van der Waals surface area contributed by atoms with Crippen LogP contribution in [0.5, 0.6) is 5.75 Å². The molecule has 20 heavy (non-hydrogen) atoms. The lowest BCUT2D eigenvalue weighted by Crippen LogP contribution is -2.45. The quantitative estimate of drug-likeness (QED) is 0.899. The van der Waals surface area contributed by atoms with E-state index in [9.17, 15) is 0 Å². The summed E-state index contributed by atoms with van der Waals surface area (Å²) < 4.78 is 7.84. The summed E-state index contributed by atoms with van der Waals surface area (Å²) in [4.78, 5) is 0. The van der Waals surface area contributed by atoms with Crippen molar-refractivity contribution in [1.29, 1.82) is 0 Å². The Kier molecular flexibility index (Phi) is 4.01. The van der Waals surface area contributed by atoms with Crippen LogP contribution in [0, 0.1) is 5.92 Å². The van der Waals surface area contributed by atoms with Gasteiger partial charge in [0.2, 0.25) is 0 Å². The predicted octanol–water partition coefficient (Wildman–Crippen LogP) is 3.07. The van der Waals surface area contributed by atoms with Gasteiger partial charge in [0.25, 0.3) is 0 Å². The zero-order chi connectivity index (χ0) is 14.0. The molecule has 0 amide bonds. The second-order valence-corrected chi connectivity index (χ2v) is 6.27. The van der Waals surface area contributed by atoms with E-state index in [1.54, 1.807) is 7.11 Å². The van der Waals surface area contributed by atoms with E-state index >= 15 is 0 Å². The minimum absolute atomic E-state index is 0.105. The average molecular weight is 277 g/mol. The highest BCUT2D eigenvalue weighted by Gasteiger charge is 2.49. The van der Waals surface area contributed by atoms with Crippen LogP contribution < -0.4 is 10.1 Å². The van der Waals surface area contributed by atoms with Gasteiger partial charge in [-0.1, -0.05) is 19.8 Å². The maximum atomic E-state index is 5.65. The monoisotopic (exact) mass is 277 g/mol. The largest absolute Gasteiger partial charge is 0.493 e. The number of nitrogens with zero attached hydrogens (tertiary/aromatic N) is 2. The van der Waals surface area contributed by atoms with Crippen LogP contribution in [-0.2, 0) is 12.1 Å². The molecule has 1 N–H and O–H groups in total. The lowest BCUT2D eigenvalue weighted by atomic mass is 9.84. The van der Waals surface area contributed by atoms with Crippen molar-refractivity contribution in [1.82, 2.24) is 15.1 Å². The van der Waals surface area contributed by atoms with Crippen LogP contribution in [0.25, 0.3) is 0 Å². The molecular weight excluding hydrogens is 250 g/mol. The van der Waals surface area contributed by atoms with Crippen molar-refractivity contribution in [3.05, 3.63) is 11.9 Å². The van der Waals surface area contributed by atoms with Crippen LogP contribution in [0.15, 0.2) is 6.20 Å². The molecule has 112 valence electrons. The van der Waals surface area contributed by atoms with Gasteiger partial charge in [-0.25, -0.2) is 0 Å². The Labute approximate surface area is 121 Å². The van der Waals surface area contributed by atoms with Gasteiger partial charge in [0, 0.05) is 6.54 Å². The molecule has 2 heterocycles. The molecule has 0 spiro atoms. The van der Waals surface area contributed by atoms with E-state index in [1.807, 2.05) is 6.20 Å². The molecule has 2 fully saturated rings. The highest BCUT2D eigenvalue weighted by molar-refractivity contribution is 5.35. The second kappa shape index (κ2) is 5.76. The summed E-state index contributed by atoms with van der Waals surface area (Å²) in [7, 11) is 1.77. The number of aryl methyl sites for hydroxylation is 1. The molecule has 1 aliphatic heterocycles. The molecule has 1 aromatic rings. The standard InChI is InChI=1S/C16H27N3O/c1-3-11-19-15(14(20-2)12-18-19)16(13-7-8-13)9-5-4-6-10-17-16/h12-13,17H,3-11H2,1-2H3. The van der Waals surface area contributed by atoms with Crippen molar-refractivity contribution < 1.29 is 4.74 Å². The number of hydrogen-bond acceptors (Lipinski definition) is 3. The molecule has 3 rings (SSSR count). The van der Waals surface area contributed by atoms with Gasteiger partial charge < -0.3 is 10.1 Å². The molecule has 1 atom stereocenters. The molecule has 0 aromatic carbocycles. The smallest absolute Gasteiger partial charge is 0.161 e. The van der Waals surface area contributed by atoms with Crippen LogP contribution >= 0.6 is 0 Å². The van der Waals surface area contributed by atoms with Crippen molar-refractivity contribution >= 4 is 0 Å². The minimum atomic E-state index is 0.105. The SMILES string of the molecule is CCCn1ncc(OC)c1C1(C2CC2)CCCCCN1. The van der Waals surface area contributed by atoms with Crippen LogP contribution in [0.2, 0.25) is 0 Å². The van der Waals surface area contributed by atoms with Gasteiger partial charge in [0.1, 0.15) is 5.69 Å². The Morgan fingerprint density at radius 2 is 2.25 bits per heavy atom.